The van der Waals surface area contributed by atoms with Crippen LogP contribution in [0.3, 0.4) is 0 Å². The van der Waals surface area contributed by atoms with Gasteiger partial charge in [-0.1, -0.05) is 13.8 Å². The second kappa shape index (κ2) is 6.28. The zero-order valence-corrected chi connectivity index (χ0v) is 11.3. The maximum Gasteiger partial charge on any atom is 0.329 e. The van der Waals surface area contributed by atoms with Crippen LogP contribution in [-0.2, 0) is 0 Å². The molecule has 3 N–H and O–H groups in total. The van der Waals surface area contributed by atoms with E-state index in [0.717, 1.165) is 0 Å². The molecule has 0 aliphatic heterocycles. The maximum absolute atomic E-state index is 10.9. The molecule has 0 spiro atoms. The van der Waals surface area contributed by atoms with Crippen LogP contribution in [-0.4, -0.2) is 39.7 Å². The number of nitro groups is 1. The molecule has 1 heterocycles. The second-order valence-electron chi connectivity index (χ2n) is 4.89. The summed E-state index contributed by atoms with van der Waals surface area (Å²) in [6.45, 7) is 6.54. The first-order chi connectivity index (χ1) is 8.89. The van der Waals surface area contributed by atoms with Crippen LogP contribution in [0.15, 0.2) is 6.20 Å². The normalized spacial score (nSPS) is 11.2. The van der Waals surface area contributed by atoms with Gasteiger partial charge in [-0.3, -0.25) is 10.1 Å². The Balaban J connectivity index is 2.94. The molecule has 19 heavy (non-hydrogen) atoms. The monoisotopic (exact) mass is 269 g/mol. The summed E-state index contributed by atoms with van der Waals surface area (Å²) in [6.07, 6.45) is 1.17. The van der Waals surface area contributed by atoms with Crippen molar-refractivity contribution in [3.63, 3.8) is 0 Å². The highest BCUT2D eigenvalue weighted by molar-refractivity contribution is 5.57. The van der Waals surface area contributed by atoms with E-state index in [4.69, 9.17) is 0 Å². The fourth-order valence-corrected chi connectivity index (χ4v) is 1.26. The number of nitrogens with zero attached hydrogens (tertiary/aromatic N) is 3. The molecule has 106 valence electrons. The van der Waals surface area contributed by atoms with Crippen LogP contribution in [0.4, 0.5) is 17.5 Å². The van der Waals surface area contributed by atoms with E-state index in [1.807, 2.05) is 20.8 Å². The number of aliphatic hydroxyl groups excluding tert-OH is 1. The molecule has 1 rings (SSSR count). The van der Waals surface area contributed by atoms with Crippen LogP contribution in [0.1, 0.15) is 20.8 Å². The number of aliphatic hydroxyl groups is 1. The summed E-state index contributed by atoms with van der Waals surface area (Å²) in [7, 11) is 0. The van der Waals surface area contributed by atoms with Crippen LogP contribution >= 0.6 is 0 Å². The van der Waals surface area contributed by atoms with E-state index in [0.29, 0.717) is 19.0 Å². The van der Waals surface area contributed by atoms with Crippen molar-refractivity contribution in [1.29, 1.82) is 0 Å². The molecule has 0 amide bonds. The summed E-state index contributed by atoms with van der Waals surface area (Å²) in [5, 5.41) is 25.9. The molecular formula is C11H19N5O3. The smallest absolute Gasteiger partial charge is 0.329 e. The van der Waals surface area contributed by atoms with Gasteiger partial charge in [0.25, 0.3) is 0 Å². The molecule has 0 fully saturated rings. The minimum absolute atomic E-state index is 0.0288. The maximum atomic E-state index is 10.9. The SMILES string of the molecule is CCNc1ncc([N+](=O)[O-])c(NCC(C)(C)CO)n1. The molecular weight excluding hydrogens is 250 g/mol. The summed E-state index contributed by atoms with van der Waals surface area (Å²) < 4.78 is 0. The van der Waals surface area contributed by atoms with Gasteiger partial charge in [0.15, 0.2) is 0 Å². The van der Waals surface area contributed by atoms with E-state index in [1.54, 1.807) is 0 Å². The molecule has 8 nitrogen and oxygen atoms in total. The lowest BCUT2D eigenvalue weighted by Gasteiger charge is -2.22. The molecule has 0 saturated carbocycles. The number of hydrogen-bond donors (Lipinski definition) is 3. The molecule has 8 heteroatoms. The molecule has 0 aliphatic rings. The predicted molar refractivity (Wildman–Crippen MR) is 72.2 cm³/mol. The van der Waals surface area contributed by atoms with Crippen molar-refractivity contribution in [3.05, 3.63) is 16.3 Å². The van der Waals surface area contributed by atoms with Gasteiger partial charge in [-0.2, -0.15) is 4.98 Å². The van der Waals surface area contributed by atoms with Gasteiger partial charge >= 0.3 is 5.69 Å². The third-order valence-corrected chi connectivity index (χ3v) is 2.46. The number of hydrogen-bond acceptors (Lipinski definition) is 7. The Hall–Kier alpha value is -1.96. The number of aromatic nitrogens is 2. The Bertz CT molecular complexity index is 450. The molecule has 0 bridgehead atoms. The Morgan fingerprint density at radius 3 is 2.68 bits per heavy atom. The fourth-order valence-electron chi connectivity index (χ4n) is 1.26. The number of rotatable bonds is 7. The van der Waals surface area contributed by atoms with Crippen molar-refractivity contribution in [1.82, 2.24) is 9.97 Å². The molecule has 1 aromatic heterocycles. The van der Waals surface area contributed by atoms with Crippen LogP contribution in [0.25, 0.3) is 0 Å². The van der Waals surface area contributed by atoms with Gasteiger partial charge in [0.2, 0.25) is 11.8 Å². The zero-order valence-electron chi connectivity index (χ0n) is 11.3. The number of anilines is 2. The highest BCUT2D eigenvalue weighted by Gasteiger charge is 2.21. The van der Waals surface area contributed by atoms with Gasteiger partial charge in [-0.05, 0) is 6.92 Å². The first-order valence-corrected chi connectivity index (χ1v) is 5.99. The average molecular weight is 269 g/mol. The van der Waals surface area contributed by atoms with Gasteiger partial charge in [-0.25, -0.2) is 4.98 Å². The summed E-state index contributed by atoms with van der Waals surface area (Å²) in [6, 6.07) is 0. The molecule has 0 atom stereocenters. The van der Waals surface area contributed by atoms with E-state index in [1.165, 1.54) is 6.20 Å². The van der Waals surface area contributed by atoms with Crippen molar-refractivity contribution in [3.8, 4) is 0 Å². The summed E-state index contributed by atoms with van der Waals surface area (Å²) in [4.78, 5) is 18.3. The van der Waals surface area contributed by atoms with Crippen molar-refractivity contribution in [2.75, 3.05) is 30.3 Å². The largest absolute Gasteiger partial charge is 0.396 e. The quantitative estimate of drug-likeness (QED) is 0.504. The average Bonchev–Trinajstić information content (AvgIpc) is 2.37. The Morgan fingerprint density at radius 2 is 2.16 bits per heavy atom. The first-order valence-electron chi connectivity index (χ1n) is 5.99. The molecule has 1 aromatic rings. The molecule has 0 aromatic carbocycles. The predicted octanol–water partition coefficient (Wildman–Crippen LogP) is 1.25. The fraction of sp³-hybridized carbons (Fsp3) is 0.636. The highest BCUT2D eigenvalue weighted by atomic mass is 16.6. The lowest BCUT2D eigenvalue weighted by molar-refractivity contribution is -0.384. The Labute approximate surface area is 111 Å². The molecule has 0 saturated heterocycles. The van der Waals surface area contributed by atoms with Gasteiger partial charge in [-0.15, -0.1) is 0 Å². The van der Waals surface area contributed by atoms with Crippen molar-refractivity contribution in [2.45, 2.75) is 20.8 Å². The molecule has 0 aliphatic carbocycles. The Kier molecular flexibility index (Phi) is 4.99. The van der Waals surface area contributed by atoms with Crippen LogP contribution in [0.5, 0.6) is 0 Å². The second-order valence-corrected chi connectivity index (χ2v) is 4.89. The van der Waals surface area contributed by atoms with Gasteiger partial charge < -0.3 is 15.7 Å². The number of nitrogens with one attached hydrogen (secondary N) is 2. The van der Waals surface area contributed by atoms with Gasteiger partial charge in [0.1, 0.15) is 6.20 Å². The first kappa shape index (κ1) is 15.1. The van der Waals surface area contributed by atoms with E-state index in [2.05, 4.69) is 20.6 Å². The van der Waals surface area contributed by atoms with E-state index < -0.39 is 10.3 Å². The third kappa shape index (κ3) is 4.32. The van der Waals surface area contributed by atoms with E-state index >= 15 is 0 Å². The zero-order chi connectivity index (χ0) is 14.5. The van der Waals surface area contributed by atoms with Crippen LogP contribution in [0.2, 0.25) is 0 Å². The minimum atomic E-state index is -0.538. The van der Waals surface area contributed by atoms with E-state index in [9.17, 15) is 15.2 Å². The van der Waals surface area contributed by atoms with Gasteiger partial charge in [0.05, 0.1) is 4.92 Å². The minimum Gasteiger partial charge on any atom is -0.396 e. The van der Waals surface area contributed by atoms with E-state index in [-0.39, 0.29) is 18.1 Å². The Morgan fingerprint density at radius 1 is 1.47 bits per heavy atom. The third-order valence-electron chi connectivity index (χ3n) is 2.46. The van der Waals surface area contributed by atoms with Crippen LogP contribution in [0, 0.1) is 15.5 Å². The lowest BCUT2D eigenvalue weighted by atomic mass is 9.95. The van der Waals surface area contributed by atoms with Crippen molar-refractivity contribution >= 4 is 17.5 Å². The summed E-state index contributed by atoms with van der Waals surface area (Å²) >= 11 is 0. The lowest BCUT2D eigenvalue weighted by Crippen LogP contribution is -2.27. The standard InChI is InChI=1S/C11H19N5O3/c1-4-12-10-13-5-8(16(18)19)9(15-10)14-6-11(2,3)7-17/h5,17H,4,6-7H2,1-3H3,(H2,12,13,14,15). The molecule has 0 unspecified atom stereocenters. The van der Waals surface area contributed by atoms with Gasteiger partial charge in [0, 0.05) is 25.1 Å². The summed E-state index contributed by atoms with van der Waals surface area (Å²) in [5.41, 5.74) is -0.577. The topological polar surface area (TPSA) is 113 Å². The van der Waals surface area contributed by atoms with Crippen molar-refractivity contribution in [2.24, 2.45) is 5.41 Å². The summed E-state index contributed by atoms with van der Waals surface area (Å²) in [5.74, 6) is 0.481. The van der Waals surface area contributed by atoms with Crippen LogP contribution < -0.4 is 10.6 Å². The van der Waals surface area contributed by atoms with Crippen molar-refractivity contribution < 1.29 is 10.0 Å². The molecule has 0 radical (unpaired) electrons. The highest BCUT2D eigenvalue weighted by Crippen LogP contribution is 2.24.